The van der Waals surface area contributed by atoms with Crippen molar-refractivity contribution in [3.8, 4) is 17.1 Å². The van der Waals surface area contributed by atoms with Gasteiger partial charge in [-0.05, 0) is 67.8 Å². The summed E-state index contributed by atoms with van der Waals surface area (Å²) < 4.78 is 5.21. The fourth-order valence-corrected chi connectivity index (χ4v) is 5.46. The highest BCUT2D eigenvalue weighted by Gasteiger charge is 2.48. The molecule has 0 spiro atoms. The molecule has 158 valence electrons. The highest BCUT2D eigenvalue weighted by molar-refractivity contribution is 5.83. The maximum absolute atomic E-state index is 11.7. The van der Waals surface area contributed by atoms with E-state index >= 15 is 0 Å². The van der Waals surface area contributed by atoms with E-state index in [1.54, 1.807) is 18.5 Å². The highest BCUT2D eigenvalue weighted by Crippen LogP contribution is 2.59. The van der Waals surface area contributed by atoms with E-state index in [1.807, 2.05) is 6.92 Å². The van der Waals surface area contributed by atoms with Gasteiger partial charge in [-0.25, -0.2) is 14.8 Å². The molecule has 0 amide bonds. The highest BCUT2D eigenvalue weighted by atomic mass is 16.5. The van der Waals surface area contributed by atoms with E-state index in [1.165, 1.54) is 63.0 Å². The van der Waals surface area contributed by atoms with Crippen LogP contribution in [-0.2, 0) is 10.2 Å². The maximum Gasteiger partial charge on any atom is 0.335 e. The van der Waals surface area contributed by atoms with Gasteiger partial charge in [0.15, 0.2) is 11.6 Å². The predicted molar refractivity (Wildman–Crippen MR) is 119 cm³/mol. The van der Waals surface area contributed by atoms with Gasteiger partial charge in [0.2, 0.25) is 0 Å². The van der Waals surface area contributed by atoms with Crippen molar-refractivity contribution in [2.24, 2.45) is 5.41 Å². The van der Waals surface area contributed by atoms with Crippen LogP contribution in [0.5, 0.6) is 5.75 Å². The summed E-state index contributed by atoms with van der Waals surface area (Å²) in [7, 11) is 0. The lowest BCUT2D eigenvalue weighted by Gasteiger charge is -2.54. The number of allylic oxidation sites excluding steroid dienone is 1. The summed E-state index contributed by atoms with van der Waals surface area (Å²) in [5.74, 6) is 0.608. The summed E-state index contributed by atoms with van der Waals surface area (Å²) in [4.78, 5) is 20.4. The average Bonchev–Trinajstić information content (AvgIpc) is 2.80. The molecule has 0 N–H and O–H groups in total. The molecule has 5 rings (SSSR count). The predicted octanol–water partition coefficient (Wildman–Crippen LogP) is 6.41. The molecule has 0 atom stereocenters. The van der Waals surface area contributed by atoms with Gasteiger partial charge in [0.1, 0.15) is 0 Å². The van der Waals surface area contributed by atoms with Gasteiger partial charge in [0, 0.05) is 11.6 Å². The van der Waals surface area contributed by atoms with E-state index in [4.69, 9.17) is 4.74 Å². The molecular weight excluding hydrogens is 372 g/mol. The lowest BCUT2D eigenvalue weighted by molar-refractivity contribution is -0.129. The number of esters is 1. The maximum atomic E-state index is 11.7. The van der Waals surface area contributed by atoms with Crippen molar-refractivity contribution in [2.75, 3.05) is 0 Å². The Balaban J connectivity index is 1.43. The van der Waals surface area contributed by atoms with Gasteiger partial charge in [-0.2, -0.15) is 0 Å². The molecule has 4 heteroatoms. The van der Waals surface area contributed by atoms with Crippen molar-refractivity contribution >= 4 is 5.97 Å². The number of hydrogen-bond donors (Lipinski definition) is 0. The van der Waals surface area contributed by atoms with Gasteiger partial charge in [0.25, 0.3) is 0 Å². The molecule has 0 saturated heterocycles. The second kappa shape index (κ2) is 8.71. The van der Waals surface area contributed by atoms with Crippen LogP contribution in [-0.4, -0.2) is 15.9 Å². The molecule has 1 aromatic carbocycles. The Morgan fingerprint density at radius 2 is 1.63 bits per heavy atom. The molecule has 1 heterocycles. The minimum Gasteiger partial charge on any atom is -0.420 e. The lowest BCUT2D eigenvalue weighted by atomic mass is 9.51. The summed E-state index contributed by atoms with van der Waals surface area (Å²) in [5.41, 5.74) is 3.48. The minimum absolute atomic E-state index is 0.361. The zero-order valence-electron chi connectivity index (χ0n) is 18.2. The number of hydrogen-bond acceptors (Lipinski definition) is 4. The molecule has 0 unspecified atom stereocenters. The molecule has 0 aliphatic heterocycles. The quantitative estimate of drug-likeness (QED) is 0.395. The monoisotopic (exact) mass is 404 g/mol. The summed E-state index contributed by atoms with van der Waals surface area (Å²) in [6.45, 7) is 4.29. The molecule has 0 radical (unpaired) electrons. The molecule has 1 aromatic heterocycles. The first-order valence-corrected chi connectivity index (χ1v) is 11.4. The summed E-state index contributed by atoms with van der Waals surface area (Å²) in [5, 5.41) is 0. The lowest BCUT2D eigenvalue weighted by Crippen LogP contribution is -2.44. The van der Waals surface area contributed by atoms with Gasteiger partial charge in [-0.1, -0.05) is 50.6 Å². The topological polar surface area (TPSA) is 52.1 Å². The normalized spacial score (nSPS) is 25.5. The number of aromatic nitrogens is 2. The van der Waals surface area contributed by atoms with Crippen LogP contribution in [0.4, 0.5) is 0 Å². The van der Waals surface area contributed by atoms with Crippen LogP contribution in [0, 0.1) is 5.41 Å². The summed E-state index contributed by atoms with van der Waals surface area (Å²) in [6.07, 6.45) is 18.0. The summed E-state index contributed by atoms with van der Waals surface area (Å²) >= 11 is 0. The molecule has 30 heavy (non-hydrogen) atoms. The Morgan fingerprint density at radius 1 is 1.00 bits per heavy atom. The minimum atomic E-state index is -0.403. The third kappa shape index (κ3) is 4.19. The van der Waals surface area contributed by atoms with Crippen LogP contribution in [0.15, 0.2) is 48.8 Å². The number of fused-ring (bicyclic) bond motifs is 3. The van der Waals surface area contributed by atoms with Crippen molar-refractivity contribution in [3.05, 3.63) is 54.4 Å². The summed E-state index contributed by atoms with van der Waals surface area (Å²) in [6, 6.07) is 8.83. The van der Waals surface area contributed by atoms with Gasteiger partial charge in [0.05, 0.1) is 12.4 Å². The molecule has 2 bridgehead atoms. The molecule has 3 fully saturated rings. The molecule has 4 nitrogen and oxygen atoms in total. The van der Waals surface area contributed by atoms with Gasteiger partial charge in [-0.3, -0.25) is 0 Å². The van der Waals surface area contributed by atoms with Crippen LogP contribution >= 0.6 is 0 Å². The molecular formula is C26H32N2O2. The molecule has 2 aromatic rings. The van der Waals surface area contributed by atoms with E-state index in [9.17, 15) is 4.79 Å². The van der Waals surface area contributed by atoms with E-state index < -0.39 is 5.97 Å². The van der Waals surface area contributed by atoms with Gasteiger partial charge in [-0.15, -0.1) is 0 Å². The standard InChI is InChI=1S/C26H32N2O2/c1-3-5-6-23(29)30-22-18-27-24(28-19-22)20-7-9-21(10-8-20)26-15-12-25(11-4-2,13-16-26)14-17-26/h5-10,18-19H,3-4,11-17H2,1-2H3. The third-order valence-electron chi connectivity index (χ3n) is 7.27. The van der Waals surface area contributed by atoms with Crippen LogP contribution in [0.3, 0.4) is 0 Å². The Hall–Kier alpha value is -2.49. The van der Waals surface area contributed by atoms with Crippen LogP contribution in [0.1, 0.15) is 77.2 Å². The van der Waals surface area contributed by atoms with Crippen molar-refractivity contribution < 1.29 is 9.53 Å². The first-order chi connectivity index (χ1) is 14.6. The van der Waals surface area contributed by atoms with Crippen molar-refractivity contribution in [3.63, 3.8) is 0 Å². The zero-order valence-corrected chi connectivity index (χ0v) is 18.2. The number of nitrogens with zero attached hydrogens (tertiary/aromatic N) is 2. The number of carbonyl (C=O) groups is 1. The van der Waals surface area contributed by atoms with Crippen LogP contribution < -0.4 is 4.74 Å². The van der Waals surface area contributed by atoms with Gasteiger partial charge >= 0.3 is 5.97 Å². The smallest absolute Gasteiger partial charge is 0.335 e. The van der Waals surface area contributed by atoms with E-state index in [2.05, 4.69) is 41.2 Å². The average molecular weight is 405 g/mol. The zero-order chi connectivity index (χ0) is 21.0. The number of carbonyl (C=O) groups excluding carboxylic acids is 1. The first kappa shape index (κ1) is 20.8. The van der Waals surface area contributed by atoms with E-state index in [-0.39, 0.29) is 0 Å². The third-order valence-corrected chi connectivity index (χ3v) is 7.27. The second-order valence-electron chi connectivity index (χ2n) is 9.08. The largest absolute Gasteiger partial charge is 0.420 e. The Kier molecular flexibility index (Phi) is 6.03. The SMILES string of the molecule is CCC=CC(=O)Oc1cnc(-c2ccc(C34CCC(CCC)(CC3)CC4)cc2)nc1. The Bertz CT molecular complexity index is 875. The van der Waals surface area contributed by atoms with E-state index in [0.29, 0.717) is 22.4 Å². The van der Waals surface area contributed by atoms with Crippen molar-refractivity contribution in [2.45, 2.75) is 77.0 Å². The molecule has 3 saturated carbocycles. The van der Waals surface area contributed by atoms with Crippen molar-refractivity contribution in [1.29, 1.82) is 0 Å². The first-order valence-electron chi connectivity index (χ1n) is 11.4. The fourth-order valence-electron chi connectivity index (χ4n) is 5.46. The van der Waals surface area contributed by atoms with Gasteiger partial charge < -0.3 is 4.74 Å². The Labute approximate surface area is 179 Å². The van der Waals surface area contributed by atoms with Crippen LogP contribution in [0.2, 0.25) is 0 Å². The Morgan fingerprint density at radius 3 is 2.20 bits per heavy atom. The number of benzene rings is 1. The molecule has 3 aliphatic carbocycles. The molecule has 3 aliphatic rings. The van der Waals surface area contributed by atoms with Crippen LogP contribution in [0.25, 0.3) is 11.4 Å². The second-order valence-corrected chi connectivity index (χ2v) is 9.08. The van der Waals surface area contributed by atoms with Crippen molar-refractivity contribution in [1.82, 2.24) is 9.97 Å². The number of rotatable bonds is 7. The fraction of sp³-hybridized carbons (Fsp3) is 0.500. The number of ether oxygens (including phenoxy) is 1. The van der Waals surface area contributed by atoms with E-state index in [0.717, 1.165) is 12.0 Å².